The molecule has 0 saturated heterocycles. The monoisotopic (exact) mass is 215 g/mol. The minimum absolute atomic E-state index is 0.110. The predicted octanol–water partition coefficient (Wildman–Crippen LogP) is 2.75. The van der Waals surface area contributed by atoms with Crippen LogP contribution < -0.4 is 0 Å². The molecule has 1 aliphatic rings. The van der Waals surface area contributed by atoms with Crippen LogP contribution in [0.4, 0.5) is 0 Å². The fraction of sp³-hybridized carbons (Fsp3) is 0.462. The van der Waals surface area contributed by atoms with Gasteiger partial charge in [-0.2, -0.15) is 0 Å². The number of rotatable bonds is 1. The first-order valence-corrected chi connectivity index (χ1v) is 5.51. The Hall–Kier alpha value is -1.51. The molecule has 0 aliphatic carbocycles. The van der Waals surface area contributed by atoms with E-state index in [9.17, 15) is 0 Å². The topological polar surface area (TPSA) is 38.1 Å². The van der Waals surface area contributed by atoms with Crippen molar-refractivity contribution in [2.45, 2.75) is 27.7 Å². The molecule has 16 heavy (non-hydrogen) atoms. The molecule has 0 radical (unpaired) electrons. The summed E-state index contributed by atoms with van der Waals surface area (Å²) in [5.41, 5.74) is 4.80. The molecule has 1 aromatic heterocycles. The highest BCUT2D eigenvalue weighted by Crippen LogP contribution is 2.31. The Balaban J connectivity index is 2.38. The number of aliphatic imine (C=N–C) groups is 1. The highest BCUT2D eigenvalue weighted by atomic mass is 14.8. The van der Waals surface area contributed by atoms with Gasteiger partial charge < -0.3 is 0 Å². The molecule has 84 valence electrons. The van der Waals surface area contributed by atoms with E-state index in [1.54, 1.807) is 12.5 Å². The van der Waals surface area contributed by atoms with Gasteiger partial charge in [-0.25, -0.2) is 9.97 Å². The van der Waals surface area contributed by atoms with Crippen molar-refractivity contribution >= 4 is 11.3 Å². The Morgan fingerprint density at radius 2 is 2.00 bits per heavy atom. The smallest absolute Gasteiger partial charge is 0.116 e. The zero-order chi connectivity index (χ0) is 11.8. The average molecular weight is 215 g/mol. The first kappa shape index (κ1) is 11.0. The quantitative estimate of drug-likeness (QED) is 0.722. The molecule has 0 fully saturated rings. The van der Waals surface area contributed by atoms with E-state index < -0.39 is 0 Å². The highest BCUT2D eigenvalue weighted by Gasteiger charge is 2.26. The molecule has 0 aromatic carbocycles. The second-order valence-corrected chi connectivity index (χ2v) is 5.11. The van der Waals surface area contributed by atoms with Crippen molar-refractivity contribution in [2.75, 3.05) is 6.54 Å². The standard InChI is InChI=1S/C13H17N3/c1-9-10(11-5-6-14-8-16-11)7-15-12(9)13(2,3)4/h5-6,8H,7H2,1-4H3. The second kappa shape index (κ2) is 3.81. The molecule has 0 amide bonds. The summed E-state index contributed by atoms with van der Waals surface area (Å²) in [5.74, 6) is 0. The number of aromatic nitrogens is 2. The van der Waals surface area contributed by atoms with Crippen LogP contribution in [-0.2, 0) is 0 Å². The first-order chi connectivity index (χ1) is 7.50. The van der Waals surface area contributed by atoms with Crippen LogP contribution in [0.15, 0.2) is 29.2 Å². The predicted molar refractivity (Wildman–Crippen MR) is 66.4 cm³/mol. The van der Waals surface area contributed by atoms with Gasteiger partial charge in [-0.15, -0.1) is 0 Å². The first-order valence-electron chi connectivity index (χ1n) is 5.51. The van der Waals surface area contributed by atoms with E-state index in [0.29, 0.717) is 0 Å². The van der Waals surface area contributed by atoms with Crippen molar-refractivity contribution in [2.24, 2.45) is 10.4 Å². The SMILES string of the molecule is CC1=C(c2ccncn2)CN=C1C(C)(C)C. The van der Waals surface area contributed by atoms with E-state index in [0.717, 1.165) is 12.2 Å². The van der Waals surface area contributed by atoms with E-state index in [1.807, 2.05) is 6.07 Å². The largest absolute Gasteiger partial charge is 0.284 e. The number of nitrogens with zero attached hydrogens (tertiary/aromatic N) is 3. The summed E-state index contributed by atoms with van der Waals surface area (Å²) in [5, 5.41) is 0. The van der Waals surface area contributed by atoms with E-state index in [2.05, 4.69) is 42.7 Å². The summed E-state index contributed by atoms with van der Waals surface area (Å²) in [6, 6.07) is 1.94. The van der Waals surface area contributed by atoms with Crippen molar-refractivity contribution in [3.8, 4) is 0 Å². The van der Waals surface area contributed by atoms with Crippen LogP contribution in [0, 0.1) is 5.41 Å². The van der Waals surface area contributed by atoms with Gasteiger partial charge in [0.1, 0.15) is 6.33 Å². The zero-order valence-corrected chi connectivity index (χ0v) is 10.3. The Labute approximate surface area is 96.4 Å². The van der Waals surface area contributed by atoms with E-state index in [4.69, 9.17) is 0 Å². The molecular weight excluding hydrogens is 198 g/mol. The summed E-state index contributed by atoms with van der Waals surface area (Å²) in [4.78, 5) is 12.9. The Morgan fingerprint density at radius 3 is 2.50 bits per heavy atom. The summed E-state index contributed by atoms with van der Waals surface area (Å²) in [6.45, 7) is 9.46. The van der Waals surface area contributed by atoms with E-state index >= 15 is 0 Å². The molecule has 2 rings (SSSR count). The minimum atomic E-state index is 0.110. The molecular formula is C13H17N3. The zero-order valence-electron chi connectivity index (χ0n) is 10.3. The van der Waals surface area contributed by atoms with Gasteiger partial charge in [0, 0.05) is 22.9 Å². The Morgan fingerprint density at radius 1 is 1.25 bits per heavy atom. The second-order valence-electron chi connectivity index (χ2n) is 5.11. The number of hydrogen-bond acceptors (Lipinski definition) is 3. The number of allylic oxidation sites excluding steroid dienone is 1. The maximum absolute atomic E-state index is 4.63. The number of hydrogen-bond donors (Lipinski definition) is 0. The van der Waals surface area contributed by atoms with Gasteiger partial charge in [-0.1, -0.05) is 20.8 Å². The Bertz CT molecular complexity index is 450. The van der Waals surface area contributed by atoms with Crippen LogP contribution in [0.1, 0.15) is 33.4 Å². The lowest BCUT2D eigenvalue weighted by atomic mass is 9.85. The third-order valence-electron chi connectivity index (χ3n) is 2.80. The molecule has 0 atom stereocenters. The summed E-state index contributed by atoms with van der Waals surface area (Å²) < 4.78 is 0. The van der Waals surface area contributed by atoms with Crippen molar-refractivity contribution in [1.82, 2.24) is 9.97 Å². The van der Waals surface area contributed by atoms with Crippen LogP contribution in [0.5, 0.6) is 0 Å². The van der Waals surface area contributed by atoms with Crippen LogP contribution in [0.25, 0.3) is 5.57 Å². The molecule has 0 saturated carbocycles. The fourth-order valence-corrected chi connectivity index (χ4v) is 2.08. The third-order valence-corrected chi connectivity index (χ3v) is 2.80. The van der Waals surface area contributed by atoms with Crippen LogP contribution >= 0.6 is 0 Å². The molecule has 0 bridgehead atoms. The van der Waals surface area contributed by atoms with Crippen LogP contribution in [-0.4, -0.2) is 22.2 Å². The maximum atomic E-state index is 4.63. The molecule has 0 unspecified atom stereocenters. The minimum Gasteiger partial charge on any atom is -0.284 e. The Kier molecular flexibility index (Phi) is 2.62. The maximum Gasteiger partial charge on any atom is 0.116 e. The van der Waals surface area contributed by atoms with Crippen molar-refractivity contribution in [1.29, 1.82) is 0 Å². The van der Waals surface area contributed by atoms with E-state index in [-0.39, 0.29) is 5.41 Å². The van der Waals surface area contributed by atoms with Crippen LogP contribution in [0.3, 0.4) is 0 Å². The summed E-state index contributed by atoms with van der Waals surface area (Å²) in [6.07, 6.45) is 3.36. The molecule has 1 aromatic rings. The van der Waals surface area contributed by atoms with Gasteiger partial charge in [0.2, 0.25) is 0 Å². The van der Waals surface area contributed by atoms with Gasteiger partial charge >= 0.3 is 0 Å². The van der Waals surface area contributed by atoms with E-state index in [1.165, 1.54) is 16.9 Å². The lowest BCUT2D eigenvalue weighted by molar-refractivity contribution is 0.591. The summed E-state index contributed by atoms with van der Waals surface area (Å²) in [7, 11) is 0. The fourth-order valence-electron chi connectivity index (χ4n) is 2.08. The lowest BCUT2D eigenvalue weighted by Crippen LogP contribution is -2.19. The molecule has 1 aliphatic heterocycles. The molecule has 3 nitrogen and oxygen atoms in total. The van der Waals surface area contributed by atoms with Gasteiger partial charge in [0.15, 0.2) is 0 Å². The molecule has 3 heteroatoms. The lowest BCUT2D eigenvalue weighted by Gasteiger charge is -2.19. The van der Waals surface area contributed by atoms with Crippen LogP contribution in [0.2, 0.25) is 0 Å². The van der Waals surface area contributed by atoms with Gasteiger partial charge in [-0.3, -0.25) is 4.99 Å². The van der Waals surface area contributed by atoms with Crippen molar-refractivity contribution < 1.29 is 0 Å². The average Bonchev–Trinajstić information content (AvgIpc) is 2.61. The summed E-state index contributed by atoms with van der Waals surface area (Å²) >= 11 is 0. The van der Waals surface area contributed by atoms with Crippen molar-refractivity contribution in [3.63, 3.8) is 0 Å². The normalized spacial score (nSPS) is 16.6. The van der Waals surface area contributed by atoms with Gasteiger partial charge in [0.05, 0.1) is 12.2 Å². The third kappa shape index (κ3) is 1.90. The van der Waals surface area contributed by atoms with Gasteiger partial charge in [-0.05, 0) is 18.6 Å². The van der Waals surface area contributed by atoms with Gasteiger partial charge in [0.25, 0.3) is 0 Å². The van der Waals surface area contributed by atoms with Crippen molar-refractivity contribution in [3.05, 3.63) is 29.9 Å². The molecule has 0 N–H and O–H groups in total. The molecule has 2 heterocycles. The highest BCUT2D eigenvalue weighted by molar-refractivity contribution is 6.11. The molecule has 0 spiro atoms.